The number of nitrogens with zero attached hydrogens (tertiary/aromatic N) is 3. The zero-order valence-corrected chi connectivity index (χ0v) is 14.5. The van der Waals surface area contributed by atoms with Crippen molar-refractivity contribution in [1.82, 2.24) is 4.98 Å². The van der Waals surface area contributed by atoms with E-state index in [0.717, 1.165) is 17.1 Å². The van der Waals surface area contributed by atoms with Crippen LogP contribution in [0.3, 0.4) is 0 Å². The summed E-state index contributed by atoms with van der Waals surface area (Å²) in [6.07, 6.45) is 0. The highest BCUT2D eigenvalue weighted by Gasteiger charge is 2.12. The molecular formula is C20H18N4O2. The highest BCUT2D eigenvalue weighted by atomic mass is 16.5. The van der Waals surface area contributed by atoms with Gasteiger partial charge in [0.25, 0.3) is 0 Å². The maximum Gasteiger partial charge on any atom is 0.142 e. The Balaban J connectivity index is 1.99. The number of nitrogen functional groups attached to an aromatic ring is 1. The molecule has 0 bridgehead atoms. The van der Waals surface area contributed by atoms with E-state index in [1.165, 1.54) is 0 Å². The standard InChI is InChI=1S/C20H18N4O2/c1-24(14-4-7-16(26-2)8-5-14)15-6-10-19(25)17(11-15)18-9-3-13(12-21)20(22)23-18/h3-11,25H,1-2H3,(H2,22,23). The van der Waals surface area contributed by atoms with Crippen molar-refractivity contribution in [1.29, 1.82) is 5.26 Å². The molecule has 0 atom stereocenters. The maximum atomic E-state index is 10.2. The van der Waals surface area contributed by atoms with Crippen LogP contribution in [0.1, 0.15) is 5.56 Å². The topological polar surface area (TPSA) is 95.4 Å². The number of hydrogen-bond acceptors (Lipinski definition) is 6. The molecule has 0 saturated carbocycles. The normalized spacial score (nSPS) is 10.2. The Bertz CT molecular complexity index is 978. The molecule has 6 heteroatoms. The van der Waals surface area contributed by atoms with E-state index in [-0.39, 0.29) is 11.6 Å². The number of phenolic OH excluding ortho intramolecular Hbond substituents is 1. The average molecular weight is 346 g/mol. The summed E-state index contributed by atoms with van der Waals surface area (Å²) < 4.78 is 5.18. The van der Waals surface area contributed by atoms with E-state index >= 15 is 0 Å². The number of rotatable bonds is 4. The molecule has 0 aliphatic carbocycles. The van der Waals surface area contributed by atoms with Crippen molar-refractivity contribution in [2.24, 2.45) is 0 Å². The van der Waals surface area contributed by atoms with Crippen molar-refractivity contribution in [3.05, 3.63) is 60.2 Å². The van der Waals surface area contributed by atoms with Gasteiger partial charge in [-0.25, -0.2) is 4.98 Å². The highest BCUT2D eigenvalue weighted by molar-refractivity contribution is 5.76. The summed E-state index contributed by atoms with van der Waals surface area (Å²) in [7, 11) is 3.56. The van der Waals surface area contributed by atoms with Gasteiger partial charge in [-0.05, 0) is 54.6 Å². The molecule has 0 aliphatic heterocycles. The van der Waals surface area contributed by atoms with Crippen LogP contribution in [0.15, 0.2) is 54.6 Å². The Labute approximate surface area is 151 Å². The first-order chi connectivity index (χ1) is 12.5. The molecule has 26 heavy (non-hydrogen) atoms. The summed E-state index contributed by atoms with van der Waals surface area (Å²) in [6.45, 7) is 0. The molecule has 1 heterocycles. The number of ether oxygens (including phenoxy) is 1. The quantitative estimate of drug-likeness (QED) is 0.748. The second-order valence-electron chi connectivity index (χ2n) is 5.70. The molecule has 0 spiro atoms. The van der Waals surface area contributed by atoms with Crippen LogP contribution >= 0.6 is 0 Å². The van der Waals surface area contributed by atoms with Gasteiger partial charge in [0.05, 0.1) is 18.4 Å². The summed E-state index contributed by atoms with van der Waals surface area (Å²) in [5, 5.41) is 19.2. The molecule has 0 radical (unpaired) electrons. The van der Waals surface area contributed by atoms with Crippen molar-refractivity contribution < 1.29 is 9.84 Å². The molecule has 3 N–H and O–H groups in total. The maximum absolute atomic E-state index is 10.2. The Morgan fingerprint density at radius 3 is 2.38 bits per heavy atom. The third kappa shape index (κ3) is 3.23. The summed E-state index contributed by atoms with van der Waals surface area (Å²) >= 11 is 0. The van der Waals surface area contributed by atoms with Crippen molar-refractivity contribution in [2.45, 2.75) is 0 Å². The predicted molar refractivity (Wildman–Crippen MR) is 102 cm³/mol. The lowest BCUT2D eigenvalue weighted by Crippen LogP contribution is -2.09. The van der Waals surface area contributed by atoms with Gasteiger partial charge in [0.2, 0.25) is 0 Å². The number of benzene rings is 2. The first-order valence-electron chi connectivity index (χ1n) is 7.91. The number of aromatic hydroxyl groups is 1. The molecule has 3 rings (SSSR count). The van der Waals surface area contributed by atoms with E-state index in [9.17, 15) is 5.11 Å². The van der Waals surface area contributed by atoms with Gasteiger partial charge in [-0.3, -0.25) is 0 Å². The molecule has 0 fully saturated rings. The number of nitriles is 1. The van der Waals surface area contributed by atoms with Crippen LogP contribution in [-0.4, -0.2) is 24.2 Å². The zero-order valence-electron chi connectivity index (χ0n) is 14.5. The largest absolute Gasteiger partial charge is 0.507 e. The van der Waals surface area contributed by atoms with E-state index in [1.807, 2.05) is 54.4 Å². The number of aromatic nitrogens is 1. The second kappa shape index (κ2) is 7.03. The van der Waals surface area contributed by atoms with E-state index in [1.54, 1.807) is 25.3 Å². The molecule has 1 aromatic heterocycles. The van der Waals surface area contributed by atoms with Crippen LogP contribution in [0.5, 0.6) is 11.5 Å². The summed E-state index contributed by atoms with van der Waals surface area (Å²) in [5.41, 5.74) is 8.98. The minimum absolute atomic E-state index is 0.0912. The van der Waals surface area contributed by atoms with Crippen molar-refractivity contribution >= 4 is 17.2 Å². The van der Waals surface area contributed by atoms with Crippen LogP contribution in [-0.2, 0) is 0 Å². The van der Waals surface area contributed by atoms with Crippen LogP contribution in [0.25, 0.3) is 11.3 Å². The molecule has 6 nitrogen and oxygen atoms in total. The Morgan fingerprint density at radius 1 is 1.08 bits per heavy atom. The summed E-state index contributed by atoms with van der Waals surface area (Å²) in [4.78, 5) is 6.21. The van der Waals surface area contributed by atoms with Gasteiger partial charge in [0.15, 0.2) is 0 Å². The zero-order chi connectivity index (χ0) is 18.7. The molecule has 0 unspecified atom stereocenters. The Hall–Kier alpha value is -3.72. The number of phenols is 1. The molecule has 0 saturated heterocycles. The summed E-state index contributed by atoms with van der Waals surface area (Å²) in [6, 6.07) is 18.2. The van der Waals surface area contributed by atoms with E-state index in [2.05, 4.69) is 4.98 Å². The van der Waals surface area contributed by atoms with Crippen molar-refractivity contribution in [3.63, 3.8) is 0 Å². The average Bonchev–Trinajstić information content (AvgIpc) is 2.68. The predicted octanol–water partition coefficient (Wildman–Crippen LogP) is 3.68. The first-order valence-corrected chi connectivity index (χ1v) is 7.91. The lowest BCUT2D eigenvalue weighted by atomic mass is 10.1. The number of nitrogens with two attached hydrogens (primary N) is 1. The van der Waals surface area contributed by atoms with E-state index in [4.69, 9.17) is 15.7 Å². The van der Waals surface area contributed by atoms with Gasteiger partial charge < -0.3 is 20.5 Å². The fourth-order valence-electron chi connectivity index (χ4n) is 2.61. The number of methoxy groups -OCH3 is 1. The lowest BCUT2D eigenvalue weighted by Gasteiger charge is -2.21. The van der Waals surface area contributed by atoms with E-state index < -0.39 is 0 Å². The van der Waals surface area contributed by atoms with Crippen molar-refractivity contribution in [3.8, 4) is 28.8 Å². The Morgan fingerprint density at radius 2 is 1.77 bits per heavy atom. The molecule has 0 amide bonds. The molecule has 2 aromatic carbocycles. The number of pyridine rings is 1. The van der Waals surface area contributed by atoms with Crippen LogP contribution < -0.4 is 15.4 Å². The minimum atomic E-state index is 0.0912. The fraction of sp³-hybridized carbons (Fsp3) is 0.100. The van der Waals surface area contributed by atoms with Crippen LogP contribution in [0.2, 0.25) is 0 Å². The third-order valence-electron chi connectivity index (χ3n) is 4.15. The first kappa shape index (κ1) is 17.1. The van der Waals surface area contributed by atoms with Crippen LogP contribution in [0.4, 0.5) is 17.2 Å². The van der Waals surface area contributed by atoms with Crippen molar-refractivity contribution in [2.75, 3.05) is 24.8 Å². The monoisotopic (exact) mass is 346 g/mol. The van der Waals surface area contributed by atoms with Gasteiger partial charge in [-0.15, -0.1) is 0 Å². The summed E-state index contributed by atoms with van der Waals surface area (Å²) in [5.74, 6) is 1.01. The van der Waals surface area contributed by atoms with Gasteiger partial charge in [-0.1, -0.05) is 0 Å². The molecule has 130 valence electrons. The lowest BCUT2D eigenvalue weighted by molar-refractivity contribution is 0.415. The number of anilines is 3. The second-order valence-corrected chi connectivity index (χ2v) is 5.70. The highest BCUT2D eigenvalue weighted by Crippen LogP contribution is 2.34. The molecule has 3 aromatic rings. The fourth-order valence-corrected chi connectivity index (χ4v) is 2.61. The van der Waals surface area contributed by atoms with Crippen LogP contribution in [0, 0.1) is 11.3 Å². The van der Waals surface area contributed by atoms with Gasteiger partial charge in [0, 0.05) is 24.0 Å². The third-order valence-corrected chi connectivity index (χ3v) is 4.15. The smallest absolute Gasteiger partial charge is 0.142 e. The molecule has 0 aliphatic rings. The number of hydrogen-bond donors (Lipinski definition) is 2. The Kier molecular flexibility index (Phi) is 4.63. The SMILES string of the molecule is COc1ccc(N(C)c2ccc(O)c(-c3ccc(C#N)c(N)n3)c2)cc1. The van der Waals surface area contributed by atoms with Gasteiger partial charge >= 0.3 is 0 Å². The van der Waals surface area contributed by atoms with E-state index in [0.29, 0.717) is 16.8 Å². The molecular weight excluding hydrogens is 328 g/mol. The van der Waals surface area contributed by atoms with Gasteiger partial charge in [-0.2, -0.15) is 5.26 Å². The minimum Gasteiger partial charge on any atom is -0.507 e. The van der Waals surface area contributed by atoms with Gasteiger partial charge in [0.1, 0.15) is 23.4 Å².